The van der Waals surface area contributed by atoms with Crippen molar-refractivity contribution in [2.45, 2.75) is 75.7 Å². The maximum Gasteiger partial charge on any atom is 0.322 e. The first-order chi connectivity index (χ1) is 22.7. The van der Waals surface area contributed by atoms with Crippen LogP contribution in [-0.4, -0.2) is 113 Å². The van der Waals surface area contributed by atoms with E-state index in [0.717, 1.165) is 42.1 Å². The predicted molar refractivity (Wildman–Crippen MR) is 185 cm³/mol. The van der Waals surface area contributed by atoms with Gasteiger partial charge in [-0.15, -0.1) is 17.8 Å². The van der Waals surface area contributed by atoms with Crippen LogP contribution in [0.15, 0.2) is 23.6 Å². The van der Waals surface area contributed by atoms with Crippen molar-refractivity contribution < 1.29 is 14.4 Å². The number of carbonyl (C=O) groups is 3. The van der Waals surface area contributed by atoms with E-state index in [1.807, 2.05) is 32.2 Å². The molecule has 10 nitrogen and oxygen atoms in total. The molecule has 5 aliphatic heterocycles. The Kier molecular flexibility index (Phi) is 9.13. The minimum Gasteiger partial charge on any atom is -0.397 e. The Hall–Kier alpha value is -3.30. The van der Waals surface area contributed by atoms with Crippen molar-refractivity contribution in [3.8, 4) is 12.3 Å². The SMILES string of the molecule is C#Cc1cc(C[C@@H](CC(=O)N2CCC(N3Cc4sccc4NC3=O)CC2)C(=O)N2CCC(N3CC4CC3CN4C)CC2)cc(Cl)c1N. The topological polar surface area (TPSA) is 105 Å². The Morgan fingerprint density at radius 1 is 1.06 bits per heavy atom. The standard InChI is InChI=1S/C35H44ClN7O3S/c1-3-23-14-22(16-29(36)33(23)37)15-24(34(45)41-11-6-25(7-12-41)42-20-27-18-28(42)19-39(27)2)17-32(44)40-9-4-26(5-10-40)43-21-31-30(8-13-47-31)38-35(43)46/h1,8,13-14,16,24-28H,4-7,9-12,15,17-21,37H2,2H3,(H,38,46)/t24-,27?,28?/m0/s1. The van der Waals surface area contributed by atoms with E-state index in [-0.39, 0.29) is 30.3 Å². The molecule has 1 aromatic carbocycles. The number of hydrogen-bond donors (Lipinski definition) is 2. The lowest BCUT2D eigenvalue weighted by molar-refractivity contribution is -0.143. The van der Waals surface area contributed by atoms with Gasteiger partial charge in [0.2, 0.25) is 11.8 Å². The zero-order valence-corrected chi connectivity index (χ0v) is 28.6. The first-order valence-electron chi connectivity index (χ1n) is 16.9. The fourth-order valence-corrected chi connectivity index (χ4v) is 9.58. The molecule has 250 valence electrons. The summed E-state index contributed by atoms with van der Waals surface area (Å²) in [6, 6.07) is 7.31. The van der Waals surface area contributed by atoms with Gasteiger partial charge in [0.1, 0.15) is 0 Å². The molecule has 3 N–H and O–H groups in total. The number of carbonyl (C=O) groups excluding carboxylic acids is 3. The zero-order valence-electron chi connectivity index (χ0n) is 27.0. The number of nitrogens with zero attached hydrogens (tertiary/aromatic N) is 5. The van der Waals surface area contributed by atoms with Crippen LogP contribution in [0.5, 0.6) is 0 Å². The largest absolute Gasteiger partial charge is 0.397 e. The molecule has 4 saturated heterocycles. The lowest BCUT2D eigenvalue weighted by Gasteiger charge is -2.42. The second kappa shape index (κ2) is 13.3. The number of piperazine rings is 1. The Morgan fingerprint density at radius 3 is 2.47 bits per heavy atom. The van der Waals surface area contributed by atoms with Crippen molar-refractivity contribution in [1.82, 2.24) is 24.5 Å². The van der Waals surface area contributed by atoms with Crippen molar-refractivity contribution in [3.05, 3.63) is 44.6 Å². The highest BCUT2D eigenvalue weighted by Gasteiger charge is 2.45. The summed E-state index contributed by atoms with van der Waals surface area (Å²) in [7, 11) is 2.22. The normalized spacial score (nSPS) is 24.7. The van der Waals surface area contributed by atoms with Crippen molar-refractivity contribution in [2.24, 2.45) is 5.92 Å². The van der Waals surface area contributed by atoms with Crippen LogP contribution < -0.4 is 11.1 Å². The zero-order chi connectivity index (χ0) is 32.8. The summed E-state index contributed by atoms with van der Waals surface area (Å²) >= 11 is 8.08. The van der Waals surface area contributed by atoms with Crippen molar-refractivity contribution in [3.63, 3.8) is 0 Å². The second-order valence-electron chi connectivity index (χ2n) is 14.0. The van der Waals surface area contributed by atoms with E-state index in [1.54, 1.807) is 17.4 Å². The molecule has 0 spiro atoms. The number of terminal acetylenes is 1. The predicted octanol–water partition coefficient (Wildman–Crippen LogP) is 3.93. The van der Waals surface area contributed by atoms with Crippen LogP contribution in [0.4, 0.5) is 16.2 Å². The maximum atomic E-state index is 14.2. The lowest BCUT2D eigenvalue weighted by atomic mass is 9.91. The summed E-state index contributed by atoms with van der Waals surface area (Å²) in [5, 5.41) is 5.35. The summed E-state index contributed by atoms with van der Waals surface area (Å²) in [6.45, 7) is 5.37. The number of benzene rings is 1. The molecule has 7 rings (SSSR count). The first-order valence-corrected chi connectivity index (χ1v) is 18.1. The number of nitrogen functional groups attached to an aromatic ring is 1. The number of amides is 4. The van der Waals surface area contributed by atoms with E-state index in [0.29, 0.717) is 86.4 Å². The van der Waals surface area contributed by atoms with Crippen LogP contribution in [-0.2, 0) is 22.6 Å². The molecule has 47 heavy (non-hydrogen) atoms. The summed E-state index contributed by atoms with van der Waals surface area (Å²) in [5.41, 5.74) is 8.64. The molecule has 0 aliphatic carbocycles. The van der Waals surface area contributed by atoms with Crippen molar-refractivity contribution >= 4 is 52.2 Å². The molecule has 0 radical (unpaired) electrons. The van der Waals surface area contributed by atoms with Crippen LogP contribution in [0.2, 0.25) is 5.02 Å². The smallest absolute Gasteiger partial charge is 0.322 e. The number of fused-ring (bicyclic) bond motifs is 3. The fraction of sp³-hybridized carbons (Fsp3) is 0.571. The van der Waals surface area contributed by atoms with Crippen LogP contribution in [0.3, 0.4) is 0 Å². The molecule has 2 bridgehead atoms. The van der Waals surface area contributed by atoms with Gasteiger partial charge in [0, 0.05) is 80.3 Å². The highest BCUT2D eigenvalue weighted by molar-refractivity contribution is 7.10. The van der Waals surface area contributed by atoms with Gasteiger partial charge in [0.15, 0.2) is 0 Å². The number of anilines is 2. The number of nitrogens with one attached hydrogen (secondary N) is 1. The molecule has 12 heteroatoms. The van der Waals surface area contributed by atoms with Gasteiger partial charge < -0.3 is 30.7 Å². The van der Waals surface area contributed by atoms with Gasteiger partial charge in [-0.05, 0) is 74.7 Å². The summed E-state index contributed by atoms with van der Waals surface area (Å²) in [4.78, 5) is 52.8. The average Bonchev–Trinajstić information content (AvgIpc) is 3.81. The third-order valence-corrected chi connectivity index (χ3v) is 12.4. The second-order valence-corrected chi connectivity index (χ2v) is 15.4. The number of rotatable bonds is 7. The number of nitrogens with two attached hydrogens (primary N) is 1. The maximum absolute atomic E-state index is 14.2. The molecule has 4 amide bonds. The molecule has 5 aliphatic rings. The Morgan fingerprint density at radius 2 is 1.79 bits per heavy atom. The minimum atomic E-state index is -0.538. The molecule has 0 saturated carbocycles. The molecule has 6 heterocycles. The molecular weight excluding hydrogens is 634 g/mol. The highest BCUT2D eigenvalue weighted by atomic mass is 35.5. The van der Waals surface area contributed by atoms with E-state index in [2.05, 4.69) is 28.1 Å². The van der Waals surface area contributed by atoms with Gasteiger partial charge in [-0.1, -0.05) is 17.5 Å². The van der Waals surface area contributed by atoms with Crippen LogP contribution in [0.1, 0.15) is 54.5 Å². The van der Waals surface area contributed by atoms with E-state index in [9.17, 15) is 14.4 Å². The fourth-order valence-electron chi connectivity index (χ4n) is 8.51. The van der Waals surface area contributed by atoms with Gasteiger partial charge in [-0.25, -0.2) is 4.79 Å². The van der Waals surface area contributed by atoms with E-state index < -0.39 is 5.92 Å². The Bertz CT molecular complexity index is 1570. The van der Waals surface area contributed by atoms with Gasteiger partial charge in [0.25, 0.3) is 0 Å². The van der Waals surface area contributed by atoms with E-state index in [1.165, 1.54) is 6.42 Å². The molecule has 2 aromatic rings. The number of halogens is 1. The lowest BCUT2D eigenvalue weighted by Crippen LogP contribution is -2.54. The average molecular weight is 678 g/mol. The van der Waals surface area contributed by atoms with Gasteiger partial charge in [0.05, 0.1) is 28.9 Å². The summed E-state index contributed by atoms with van der Waals surface area (Å²) in [6.07, 6.45) is 10.8. The quantitative estimate of drug-likeness (QED) is 0.340. The van der Waals surface area contributed by atoms with E-state index >= 15 is 0 Å². The summed E-state index contributed by atoms with van der Waals surface area (Å²) < 4.78 is 0. The molecule has 1 aromatic heterocycles. The third kappa shape index (κ3) is 6.45. The Labute approximate surface area is 286 Å². The monoisotopic (exact) mass is 677 g/mol. The first kappa shape index (κ1) is 32.3. The number of thiophene rings is 1. The van der Waals surface area contributed by atoms with Gasteiger partial charge >= 0.3 is 6.03 Å². The summed E-state index contributed by atoms with van der Waals surface area (Å²) in [5.74, 6) is 2.04. The molecule has 2 unspecified atom stereocenters. The molecular formula is C35H44ClN7O3S. The highest BCUT2D eigenvalue weighted by Crippen LogP contribution is 2.35. The number of urea groups is 1. The van der Waals surface area contributed by atoms with Crippen molar-refractivity contribution in [2.75, 3.05) is 57.4 Å². The van der Waals surface area contributed by atoms with Crippen LogP contribution >= 0.6 is 22.9 Å². The number of piperidine rings is 2. The van der Waals surface area contributed by atoms with E-state index in [4.69, 9.17) is 23.8 Å². The number of hydrogen-bond acceptors (Lipinski definition) is 7. The van der Waals surface area contributed by atoms with Crippen LogP contribution in [0, 0.1) is 18.3 Å². The van der Waals surface area contributed by atoms with Gasteiger partial charge in [-0.2, -0.15) is 0 Å². The number of likely N-dealkylation sites (N-methyl/N-ethyl adjacent to an activating group) is 1. The number of likely N-dealkylation sites (tertiary alicyclic amines) is 4. The molecule has 3 atom stereocenters. The van der Waals surface area contributed by atoms with Crippen LogP contribution in [0.25, 0.3) is 0 Å². The van der Waals surface area contributed by atoms with Gasteiger partial charge in [-0.3, -0.25) is 14.5 Å². The molecule has 4 fully saturated rings. The third-order valence-electron chi connectivity index (χ3n) is 11.2. The van der Waals surface area contributed by atoms with Crippen molar-refractivity contribution in [1.29, 1.82) is 0 Å². The Balaban J connectivity index is 1.00. The minimum absolute atomic E-state index is 0.0151.